The van der Waals surface area contributed by atoms with Gasteiger partial charge in [0.1, 0.15) is 17.5 Å². The molecule has 1 atom stereocenters. The first-order valence-electron chi connectivity index (χ1n) is 10.7. The van der Waals surface area contributed by atoms with Crippen LogP contribution in [0.3, 0.4) is 0 Å². The molecular weight excluding hydrogens is 382 g/mol. The number of aromatic nitrogens is 2. The number of hydrogen-bond acceptors (Lipinski definition) is 6. The maximum atomic E-state index is 11.0. The molecule has 4 rings (SSSR count). The molecule has 1 saturated heterocycles. The highest BCUT2D eigenvalue weighted by Crippen LogP contribution is 2.30. The first-order valence-corrected chi connectivity index (χ1v) is 10.7. The molecule has 1 N–H and O–H groups in total. The van der Waals surface area contributed by atoms with Gasteiger partial charge in [-0.2, -0.15) is 0 Å². The summed E-state index contributed by atoms with van der Waals surface area (Å²) in [6.45, 7) is 5.08. The molecule has 1 unspecified atom stereocenters. The largest absolute Gasteiger partial charge is 0.492 e. The summed E-state index contributed by atoms with van der Waals surface area (Å²) in [4.78, 5) is 21.6. The minimum absolute atomic E-state index is 0.0351. The fourth-order valence-corrected chi connectivity index (χ4v) is 4.18. The smallest absolute Gasteiger partial charge is 0.354 e. The second-order valence-electron chi connectivity index (χ2n) is 8.40. The number of morpholine rings is 1. The molecule has 2 aromatic heterocycles. The first-order chi connectivity index (χ1) is 14.6. The molecule has 0 amide bonds. The minimum atomic E-state index is -1.03. The zero-order chi connectivity index (χ0) is 20.9. The molecule has 0 spiro atoms. The Morgan fingerprint density at radius 3 is 2.80 bits per heavy atom. The van der Waals surface area contributed by atoms with Crippen molar-refractivity contribution in [2.45, 2.75) is 38.7 Å². The lowest BCUT2D eigenvalue weighted by Gasteiger charge is -2.34. The van der Waals surface area contributed by atoms with Crippen LogP contribution in [-0.2, 0) is 4.74 Å². The van der Waals surface area contributed by atoms with E-state index in [9.17, 15) is 4.79 Å². The van der Waals surface area contributed by atoms with Crippen LogP contribution in [0.5, 0.6) is 5.75 Å². The number of anilines is 1. The van der Waals surface area contributed by atoms with Crippen LogP contribution < -0.4 is 9.64 Å². The van der Waals surface area contributed by atoms with Gasteiger partial charge in [-0.1, -0.05) is 25.8 Å². The summed E-state index contributed by atoms with van der Waals surface area (Å²) < 4.78 is 12.0. The summed E-state index contributed by atoms with van der Waals surface area (Å²) in [5.74, 6) is 1.26. The van der Waals surface area contributed by atoms with E-state index in [1.807, 2.05) is 12.3 Å². The van der Waals surface area contributed by atoms with Crippen LogP contribution in [0, 0.1) is 11.8 Å². The molecule has 0 bridgehead atoms. The summed E-state index contributed by atoms with van der Waals surface area (Å²) >= 11 is 0. The van der Waals surface area contributed by atoms with E-state index in [0.29, 0.717) is 19.1 Å². The Balaban J connectivity index is 1.37. The van der Waals surface area contributed by atoms with Gasteiger partial charge in [0.25, 0.3) is 0 Å². The zero-order valence-electron chi connectivity index (χ0n) is 17.4. The van der Waals surface area contributed by atoms with E-state index in [-0.39, 0.29) is 11.8 Å². The summed E-state index contributed by atoms with van der Waals surface area (Å²) in [5, 5.41) is 9.02. The standard InChI is InChI=1S/C23H29N3O4/c1-16-2-4-17(5-3-16)15-30-20-10-19(12-24-13-20)26-8-9-29-22(14-26)18-6-7-21(23(27)28)25-11-18/h6-7,10-13,16-17,22H,2-5,8-9,14-15H2,1H3,(H,27,28). The number of hydrogen-bond donors (Lipinski definition) is 1. The van der Waals surface area contributed by atoms with E-state index in [1.54, 1.807) is 18.5 Å². The van der Waals surface area contributed by atoms with E-state index >= 15 is 0 Å². The van der Waals surface area contributed by atoms with Crippen LogP contribution in [-0.4, -0.2) is 47.3 Å². The monoisotopic (exact) mass is 411 g/mol. The number of nitrogens with zero attached hydrogens (tertiary/aromatic N) is 3. The number of rotatable bonds is 6. The quantitative estimate of drug-likeness (QED) is 0.770. The molecule has 7 nitrogen and oxygen atoms in total. The Morgan fingerprint density at radius 1 is 1.23 bits per heavy atom. The molecule has 0 aromatic carbocycles. The lowest BCUT2D eigenvalue weighted by Crippen LogP contribution is -2.38. The van der Waals surface area contributed by atoms with Crippen molar-refractivity contribution in [3.05, 3.63) is 48.0 Å². The van der Waals surface area contributed by atoms with Gasteiger partial charge in [-0.3, -0.25) is 4.98 Å². The molecule has 2 fully saturated rings. The number of carboxylic acid groups (broad SMARTS) is 1. The number of pyridine rings is 2. The highest BCUT2D eigenvalue weighted by atomic mass is 16.5. The summed E-state index contributed by atoms with van der Waals surface area (Å²) in [5.41, 5.74) is 1.91. The maximum absolute atomic E-state index is 11.0. The fraction of sp³-hybridized carbons (Fsp3) is 0.522. The molecule has 2 aromatic rings. The molecular formula is C23H29N3O4. The molecule has 1 aliphatic carbocycles. The van der Waals surface area contributed by atoms with E-state index < -0.39 is 5.97 Å². The number of aromatic carboxylic acids is 1. The molecule has 160 valence electrons. The summed E-state index contributed by atoms with van der Waals surface area (Å²) in [6, 6.07) is 5.34. The third kappa shape index (κ3) is 5.08. The normalized spacial score (nSPS) is 24.4. The van der Waals surface area contributed by atoms with Gasteiger partial charge in [-0.25, -0.2) is 9.78 Å². The van der Waals surface area contributed by atoms with Crippen molar-refractivity contribution in [3.63, 3.8) is 0 Å². The zero-order valence-corrected chi connectivity index (χ0v) is 17.4. The Hall–Kier alpha value is -2.67. The topological polar surface area (TPSA) is 84.8 Å². The summed E-state index contributed by atoms with van der Waals surface area (Å²) in [7, 11) is 0. The van der Waals surface area contributed by atoms with Crippen LogP contribution in [0.2, 0.25) is 0 Å². The Morgan fingerprint density at radius 2 is 2.07 bits per heavy atom. The van der Waals surface area contributed by atoms with Crippen LogP contribution in [0.1, 0.15) is 54.8 Å². The fourth-order valence-electron chi connectivity index (χ4n) is 4.18. The van der Waals surface area contributed by atoms with Crippen molar-refractivity contribution in [2.75, 3.05) is 31.2 Å². The number of carbonyl (C=O) groups is 1. The van der Waals surface area contributed by atoms with Gasteiger partial charge in [0, 0.05) is 30.9 Å². The Bertz CT molecular complexity index is 850. The molecule has 30 heavy (non-hydrogen) atoms. The molecule has 7 heteroatoms. The second kappa shape index (κ2) is 9.43. The predicted octanol–water partition coefficient (Wildman–Crippen LogP) is 3.96. The van der Waals surface area contributed by atoms with Crippen molar-refractivity contribution < 1.29 is 19.4 Å². The third-order valence-corrected chi connectivity index (χ3v) is 6.13. The average Bonchev–Trinajstić information content (AvgIpc) is 2.79. The van der Waals surface area contributed by atoms with Crippen LogP contribution in [0.25, 0.3) is 0 Å². The lowest BCUT2D eigenvalue weighted by atomic mass is 9.83. The van der Waals surface area contributed by atoms with Crippen molar-refractivity contribution in [3.8, 4) is 5.75 Å². The molecule has 2 aliphatic rings. The Labute approximate surface area is 177 Å². The number of carboxylic acids is 1. The van der Waals surface area contributed by atoms with Crippen LogP contribution in [0.4, 0.5) is 5.69 Å². The minimum Gasteiger partial charge on any atom is -0.492 e. The molecule has 3 heterocycles. The lowest BCUT2D eigenvalue weighted by molar-refractivity contribution is 0.0394. The highest BCUT2D eigenvalue weighted by Gasteiger charge is 2.24. The SMILES string of the molecule is CC1CCC(COc2cncc(N3CCOC(c4ccc(C(=O)O)nc4)C3)c2)CC1. The van der Waals surface area contributed by atoms with Gasteiger partial charge >= 0.3 is 5.97 Å². The third-order valence-electron chi connectivity index (χ3n) is 6.13. The van der Waals surface area contributed by atoms with Crippen molar-refractivity contribution in [1.29, 1.82) is 0 Å². The van der Waals surface area contributed by atoms with Crippen molar-refractivity contribution in [2.24, 2.45) is 11.8 Å². The van der Waals surface area contributed by atoms with E-state index in [1.165, 1.54) is 31.7 Å². The highest BCUT2D eigenvalue weighted by molar-refractivity contribution is 5.85. The molecule has 1 saturated carbocycles. The number of ether oxygens (including phenoxy) is 2. The van der Waals surface area contributed by atoms with Crippen molar-refractivity contribution in [1.82, 2.24) is 9.97 Å². The van der Waals surface area contributed by atoms with Gasteiger partial charge in [0.2, 0.25) is 0 Å². The maximum Gasteiger partial charge on any atom is 0.354 e. The Kier molecular flexibility index (Phi) is 6.47. The van der Waals surface area contributed by atoms with Gasteiger partial charge in [0.15, 0.2) is 0 Å². The molecule has 0 radical (unpaired) electrons. The van der Waals surface area contributed by atoms with Gasteiger partial charge in [-0.15, -0.1) is 0 Å². The second-order valence-corrected chi connectivity index (χ2v) is 8.40. The summed E-state index contributed by atoms with van der Waals surface area (Å²) in [6.07, 6.45) is 10.1. The first kappa shape index (κ1) is 20.6. The van der Waals surface area contributed by atoms with Crippen LogP contribution in [0.15, 0.2) is 36.8 Å². The van der Waals surface area contributed by atoms with E-state index in [2.05, 4.69) is 21.8 Å². The predicted molar refractivity (Wildman–Crippen MR) is 113 cm³/mol. The van der Waals surface area contributed by atoms with Gasteiger partial charge < -0.3 is 19.5 Å². The molecule has 1 aliphatic heterocycles. The van der Waals surface area contributed by atoms with Gasteiger partial charge in [-0.05, 0) is 30.7 Å². The average molecular weight is 412 g/mol. The van der Waals surface area contributed by atoms with Crippen LogP contribution >= 0.6 is 0 Å². The van der Waals surface area contributed by atoms with E-state index in [4.69, 9.17) is 14.6 Å². The van der Waals surface area contributed by atoms with Crippen molar-refractivity contribution >= 4 is 11.7 Å². The van der Waals surface area contributed by atoms with E-state index in [0.717, 1.165) is 36.1 Å². The van der Waals surface area contributed by atoms with Gasteiger partial charge in [0.05, 0.1) is 31.3 Å².